The molecule has 0 aliphatic heterocycles. The highest BCUT2D eigenvalue weighted by atomic mass is 16.3. The van der Waals surface area contributed by atoms with E-state index in [-0.39, 0.29) is 6.61 Å². The van der Waals surface area contributed by atoms with Crippen LogP contribution in [0.1, 0.15) is 33.6 Å². The molecular weight excluding hydrogens is 136 g/mol. The molecule has 1 aliphatic rings. The second-order valence-electron chi connectivity index (χ2n) is 3.85. The molecule has 0 aromatic heterocycles. The van der Waals surface area contributed by atoms with Crippen molar-refractivity contribution in [2.75, 3.05) is 6.61 Å². The quantitative estimate of drug-likeness (QED) is 0.605. The molecule has 1 rings (SSSR count). The molecule has 1 N–H and O–H groups in total. The molecule has 1 nitrogen and oxygen atoms in total. The number of allylic oxidation sites excluding steroid dienone is 1. The second-order valence-corrected chi connectivity index (χ2v) is 3.85. The predicted octanol–water partition coefficient (Wildman–Crippen LogP) is 2.36. The van der Waals surface area contributed by atoms with Crippen LogP contribution in [0.15, 0.2) is 11.1 Å². The molecule has 0 spiro atoms. The first-order valence-corrected chi connectivity index (χ1v) is 4.46. The van der Waals surface area contributed by atoms with Gasteiger partial charge in [-0.05, 0) is 37.2 Å². The van der Waals surface area contributed by atoms with Crippen LogP contribution in [0.2, 0.25) is 0 Å². The van der Waals surface area contributed by atoms with Crippen LogP contribution in [0.3, 0.4) is 0 Å². The first kappa shape index (κ1) is 8.79. The van der Waals surface area contributed by atoms with Gasteiger partial charge in [-0.2, -0.15) is 0 Å². The van der Waals surface area contributed by atoms with E-state index in [4.69, 9.17) is 5.11 Å². The van der Waals surface area contributed by atoms with Crippen molar-refractivity contribution in [1.29, 1.82) is 0 Å². The van der Waals surface area contributed by atoms with Gasteiger partial charge in [-0.3, -0.25) is 0 Å². The van der Waals surface area contributed by atoms with E-state index in [1.165, 1.54) is 24.0 Å². The van der Waals surface area contributed by atoms with Gasteiger partial charge in [0.05, 0.1) is 6.61 Å². The van der Waals surface area contributed by atoms with Crippen LogP contribution < -0.4 is 0 Å². The standard InChI is InChI=1S/C10H18O/c1-7(2)9-5-4-8(3)10(9)6-11/h7,9,11H,4-6H2,1-3H3. The summed E-state index contributed by atoms with van der Waals surface area (Å²) >= 11 is 0. The first-order chi connectivity index (χ1) is 5.16. The largest absolute Gasteiger partial charge is 0.392 e. The predicted molar refractivity (Wildman–Crippen MR) is 47.3 cm³/mol. The molecule has 11 heavy (non-hydrogen) atoms. The lowest BCUT2D eigenvalue weighted by atomic mass is 9.90. The van der Waals surface area contributed by atoms with Crippen LogP contribution >= 0.6 is 0 Å². The Morgan fingerprint density at radius 2 is 2.18 bits per heavy atom. The van der Waals surface area contributed by atoms with Gasteiger partial charge in [-0.15, -0.1) is 0 Å². The van der Waals surface area contributed by atoms with E-state index in [1.54, 1.807) is 0 Å². The van der Waals surface area contributed by atoms with E-state index in [0.29, 0.717) is 11.8 Å². The zero-order valence-electron chi connectivity index (χ0n) is 7.72. The molecule has 0 radical (unpaired) electrons. The van der Waals surface area contributed by atoms with Crippen LogP contribution in [-0.2, 0) is 0 Å². The van der Waals surface area contributed by atoms with E-state index in [0.717, 1.165) is 0 Å². The van der Waals surface area contributed by atoms with Crippen LogP contribution in [0.4, 0.5) is 0 Å². The smallest absolute Gasteiger partial charge is 0.0647 e. The first-order valence-electron chi connectivity index (χ1n) is 4.46. The molecule has 1 aliphatic carbocycles. The van der Waals surface area contributed by atoms with Crippen molar-refractivity contribution in [3.05, 3.63) is 11.1 Å². The van der Waals surface area contributed by atoms with Crippen molar-refractivity contribution in [2.45, 2.75) is 33.6 Å². The number of aliphatic hydroxyl groups excluding tert-OH is 1. The Labute approximate surface area is 69.1 Å². The molecule has 0 aromatic carbocycles. The van der Waals surface area contributed by atoms with Crippen molar-refractivity contribution in [3.8, 4) is 0 Å². The van der Waals surface area contributed by atoms with Crippen LogP contribution in [0.5, 0.6) is 0 Å². The van der Waals surface area contributed by atoms with Gasteiger partial charge in [0.2, 0.25) is 0 Å². The summed E-state index contributed by atoms with van der Waals surface area (Å²) in [7, 11) is 0. The molecule has 0 fully saturated rings. The topological polar surface area (TPSA) is 20.2 Å². The lowest BCUT2D eigenvalue weighted by Crippen LogP contribution is -2.10. The summed E-state index contributed by atoms with van der Waals surface area (Å²) in [5, 5.41) is 9.10. The minimum atomic E-state index is 0.273. The number of hydrogen-bond donors (Lipinski definition) is 1. The fourth-order valence-electron chi connectivity index (χ4n) is 2.01. The average molecular weight is 154 g/mol. The van der Waals surface area contributed by atoms with E-state index in [2.05, 4.69) is 20.8 Å². The summed E-state index contributed by atoms with van der Waals surface area (Å²) in [6.07, 6.45) is 2.44. The summed E-state index contributed by atoms with van der Waals surface area (Å²) in [6, 6.07) is 0. The van der Waals surface area contributed by atoms with Gasteiger partial charge in [0.1, 0.15) is 0 Å². The van der Waals surface area contributed by atoms with E-state index in [9.17, 15) is 0 Å². The lowest BCUT2D eigenvalue weighted by molar-refractivity contribution is 0.299. The maximum absolute atomic E-state index is 9.10. The number of hydrogen-bond acceptors (Lipinski definition) is 1. The van der Waals surface area contributed by atoms with E-state index >= 15 is 0 Å². The molecule has 0 bridgehead atoms. The summed E-state index contributed by atoms with van der Waals surface area (Å²) in [5.41, 5.74) is 2.73. The van der Waals surface area contributed by atoms with Gasteiger partial charge < -0.3 is 5.11 Å². The van der Waals surface area contributed by atoms with Crippen molar-refractivity contribution in [2.24, 2.45) is 11.8 Å². The Kier molecular flexibility index (Phi) is 2.72. The molecule has 0 saturated carbocycles. The highest BCUT2D eigenvalue weighted by Crippen LogP contribution is 2.35. The van der Waals surface area contributed by atoms with Gasteiger partial charge >= 0.3 is 0 Å². The SMILES string of the molecule is CC1=C(CO)C(C(C)C)CC1. The van der Waals surface area contributed by atoms with Gasteiger partial charge in [-0.25, -0.2) is 0 Å². The summed E-state index contributed by atoms with van der Waals surface area (Å²) in [5.74, 6) is 1.34. The fraction of sp³-hybridized carbons (Fsp3) is 0.800. The van der Waals surface area contributed by atoms with Crippen LogP contribution in [0, 0.1) is 11.8 Å². The Balaban J connectivity index is 2.72. The summed E-state index contributed by atoms with van der Waals surface area (Å²) in [6.45, 7) is 6.89. The number of aliphatic hydroxyl groups is 1. The van der Waals surface area contributed by atoms with E-state index in [1.807, 2.05) is 0 Å². The molecule has 1 heteroatoms. The zero-order chi connectivity index (χ0) is 8.43. The molecule has 64 valence electrons. The summed E-state index contributed by atoms with van der Waals surface area (Å²) in [4.78, 5) is 0. The molecule has 0 aromatic rings. The third-order valence-corrected chi connectivity index (χ3v) is 2.80. The van der Waals surface area contributed by atoms with Crippen molar-refractivity contribution in [3.63, 3.8) is 0 Å². The van der Waals surface area contributed by atoms with Gasteiger partial charge in [0, 0.05) is 0 Å². The highest BCUT2D eigenvalue weighted by Gasteiger charge is 2.24. The minimum absolute atomic E-state index is 0.273. The molecule has 0 saturated heterocycles. The molecular formula is C10H18O. The maximum atomic E-state index is 9.10. The van der Waals surface area contributed by atoms with Gasteiger partial charge in [-0.1, -0.05) is 19.4 Å². The molecule has 1 atom stereocenters. The van der Waals surface area contributed by atoms with Crippen LogP contribution in [-0.4, -0.2) is 11.7 Å². The second kappa shape index (κ2) is 3.40. The van der Waals surface area contributed by atoms with Crippen LogP contribution in [0.25, 0.3) is 0 Å². The number of rotatable bonds is 2. The Morgan fingerprint density at radius 3 is 2.55 bits per heavy atom. The monoisotopic (exact) mass is 154 g/mol. The van der Waals surface area contributed by atoms with Crippen molar-refractivity contribution in [1.82, 2.24) is 0 Å². The Hall–Kier alpha value is -0.300. The third kappa shape index (κ3) is 1.64. The third-order valence-electron chi connectivity index (χ3n) is 2.80. The maximum Gasteiger partial charge on any atom is 0.0647 e. The minimum Gasteiger partial charge on any atom is -0.392 e. The van der Waals surface area contributed by atoms with E-state index < -0.39 is 0 Å². The highest BCUT2D eigenvalue weighted by molar-refractivity contribution is 5.21. The zero-order valence-corrected chi connectivity index (χ0v) is 7.72. The van der Waals surface area contributed by atoms with Gasteiger partial charge in [0.25, 0.3) is 0 Å². The van der Waals surface area contributed by atoms with Crippen molar-refractivity contribution < 1.29 is 5.11 Å². The lowest BCUT2D eigenvalue weighted by Gasteiger charge is -2.17. The van der Waals surface area contributed by atoms with Crippen molar-refractivity contribution >= 4 is 0 Å². The average Bonchev–Trinajstić information content (AvgIpc) is 2.30. The summed E-state index contributed by atoms with van der Waals surface area (Å²) < 4.78 is 0. The molecule has 0 heterocycles. The van der Waals surface area contributed by atoms with Gasteiger partial charge in [0.15, 0.2) is 0 Å². The Bertz CT molecular complexity index is 168. The normalized spacial score (nSPS) is 25.4. The fourth-order valence-corrected chi connectivity index (χ4v) is 2.01. The molecule has 1 unspecified atom stereocenters. The Morgan fingerprint density at radius 1 is 1.55 bits per heavy atom. The molecule has 0 amide bonds.